The van der Waals surface area contributed by atoms with Gasteiger partial charge in [0.05, 0.1) is 6.54 Å². The van der Waals surface area contributed by atoms with Crippen molar-refractivity contribution in [2.45, 2.75) is 25.2 Å². The van der Waals surface area contributed by atoms with E-state index in [-0.39, 0.29) is 0 Å². The second-order valence-electron chi connectivity index (χ2n) is 3.50. The molecule has 5 nitrogen and oxygen atoms in total. The lowest BCUT2D eigenvalue weighted by Crippen LogP contribution is -2.15. The Hall–Kier alpha value is -0.590. The van der Waals surface area contributed by atoms with Gasteiger partial charge in [0, 0.05) is 18.8 Å². The number of nitrogens with zero attached hydrogens (tertiary/aromatic N) is 4. The van der Waals surface area contributed by atoms with E-state index < -0.39 is 0 Å². The van der Waals surface area contributed by atoms with Crippen LogP contribution in [-0.4, -0.2) is 46.1 Å². The van der Waals surface area contributed by atoms with Gasteiger partial charge in [-0.05, 0) is 21.0 Å². The van der Waals surface area contributed by atoms with E-state index in [1.54, 1.807) is 11.8 Å². The van der Waals surface area contributed by atoms with Gasteiger partial charge in [-0.3, -0.25) is 0 Å². The van der Waals surface area contributed by atoms with Crippen molar-refractivity contribution in [2.24, 2.45) is 5.73 Å². The second-order valence-corrected chi connectivity index (χ2v) is 4.56. The predicted octanol–water partition coefficient (Wildman–Crippen LogP) is 0.410. The van der Waals surface area contributed by atoms with Crippen molar-refractivity contribution in [3.8, 4) is 0 Å². The Bertz CT molecular complexity index is 297. The molecule has 2 N–H and O–H groups in total. The van der Waals surface area contributed by atoms with Crippen LogP contribution in [0, 0.1) is 0 Å². The molecule has 1 rings (SSSR count). The summed E-state index contributed by atoms with van der Waals surface area (Å²) in [5, 5.41) is 9.16. The Morgan fingerprint density at radius 2 is 2.13 bits per heavy atom. The molecule has 0 radical (unpaired) electrons. The number of nitrogens with two attached hydrogens (primary N) is 1. The van der Waals surface area contributed by atoms with E-state index in [9.17, 15) is 0 Å². The standard InChI is InChI=1S/C9H19N5S/c1-4-14-8(7-10)11-12-9(14)15-6-5-13(2)3/h4-7,10H2,1-3H3. The minimum atomic E-state index is 0.453. The second kappa shape index (κ2) is 6.09. The summed E-state index contributed by atoms with van der Waals surface area (Å²) in [6.07, 6.45) is 0. The van der Waals surface area contributed by atoms with Crippen LogP contribution < -0.4 is 5.73 Å². The third kappa shape index (κ3) is 3.48. The van der Waals surface area contributed by atoms with Crippen LogP contribution in [0.1, 0.15) is 12.7 Å². The molecular formula is C9H19N5S. The first-order valence-corrected chi connectivity index (χ1v) is 6.07. The van der Waals surface area contributed by atoms with Crippen LogP contribution in [0.4, 0.5) is 0 Å². The third-order valence-electron chi connectivity index (χ3n) is 2.06. The number of thioether (sulfide) groups is 1. The van der Waals surface area contributed by atoms with E-state index in [0.717, 1.165) is 29.8 Å². The molecule has 1 aromatic heterocycles. The Labute approximate surface area is 95.0 Å². The molecule has 0 bridgehead atoms. The van der Waals surface area contributed by atoms with Crippen molar-refractivity contribution in [3.05, 3.63) is 5.82 Å². The van der Waals surface area contributed by atoms with Gasteiger partial charge >= 0.3 is 0 Å². The van der Waals surface area contributed by atoms with E-state index in [1.165, 1.54) is 0 Å². The summed E-state index contributed by atoms with van der Waals surface area (Å²) in [4.78, 5) is 2.16. The Morgan fingerprint density at radius 1 is 1.40 bits per heavy atom. The molecule has 15 heavy (non-hydrogen) atoms. The quantitative estimate of drug-likeness (QED) is 0.716. The van der Waals surface area contributed by atoms with E-state index >= 15 is 0 Å². The number of hydrogen-bond donors (Lipinski definition) is 1. The highest BCUT2D eigenvalue weighted by molar-refractivity contribution is 7.99. The number of hydrogen-bond acceptors (Lipinski definition) is 5. The van der Waals surface area contributed by atoms with Gasteiger partial charge in [0.1, 0.15) is 5.82 Å². The average molecular weight is 229 g/mol. The fraction of sp³-hybridized carbons (Fsp3) is 0.778. The molecular weight excluding hydrogens is 210 g/mol. The normalized spacial score (nSPS) is 11.3. The minimum absolute atomic E-state index is 0.453. The van der Waals surface area contributed by atoms with Crippen molar-refractivity contribution in [3.63, 3.8) is 0 Å². The fourth-order valence-corrected chi connectivity index (χ4v) is 2.34. The summed E-state index contributed by atoms with van der Waals surface area (Å²) in [5.41, 5.74) is 5.58. The molecule has 1 aromatic rings. The first kappa shape index (κ1) is 12.5. The lowest BCUT2D eigenvalue weighted by molar-refractivity contribution is 0.437. The predicted molar refractivity (Wildman–Crippen MR) is 62.9 cm³/mol. The molecule has 0 amide bonds. The minimum Gasteiger partial charge on any atom is -0.324 e. The highest BCUT2D eigenvalue weighted by Crippen LogP contribution is 2.16. The van der Waals surface area contributed by atoms with E-state index in [1.807, 2.05) is 0 Å². The summed E-state index contributed by atoms with van der Waals surface area (Å²) in [5.74, 6) is 1.89. The zero-order valence-corrected chi connectivity index (χ0v) is 10.4. The lowest BCUT2D eigenvalue weighted by atomic mass is 10.6. The number of aromatic nitrogens is 3. The topological polar surface area (TPSA) is 60.0 Å². The van der Waals surface area contributed by atoms with Gasteiger partial charge in [-0.1, -0.05) is 11.8 Å². The lowest BCUT2D eigenvalue weighted by Gasteiger charge is -2.09. The first-order chi connectivity index (χ1) is 7.19. The van der Waals surface area contributed by atoms with E-state index in [4.69, 9.17) is 5.73 Å². The molecule has 0 aliphatic rings. The smallest absolute Gasteiger partial charge is 0.191 e. The molecule has 0 spiro atoms. The van der Waals surface area contributed by atoms with Crippen LogP contribution in [0.2, 0.25) is 0 Å². The monoisotopic (exact) mass is 229 g/mol. The Balaban J connectivity index is 2.56. The fourth-order valence-electron chi connectivity index (χ4n) is 1.21. The Morgan fingerprint density at radius 3 is 2.67 bits per heavy atom. The van der Waals surface area contributed by atoms with Gasteiger partial charge in [-0.25, -0.2) is 0 Å². The highest BCUT2D eigenvalue weighted by atomic mass is 32.2. The van der Waals surface area contributed by atoms with E-state index in [0.29, 0.717) is 6.54 Å². The molecule has 1 heterocycles. The van der Waals surface area contributed by atoms with Crippen molar-refractivity contribution < 1.29 is 0 Å². The molecule has 0 aliphatic heterocycles. The maximum absolute atomic E-state index is 5.58. The van der Waals surface area contributed by atoms with Crippen LogP contribution in [0.3, 0.4) is 0 Å². The molecule has 6 heteroatoms. The van der Waals surface area contributed by atoms with Crippen LogP contribution in [0.25, 0.3) is 0 Å². The Kier molecular flexibility index (Phi) is 5.07. The third-order valence-corrected chi connectivity index (χ3v) is 3.01. The zero-order chi connectivity index (χ0) is 11.3. The summed E-state index contributed by atoms with van der Waals surface area (Å²) < 4.78 is 2.07. The van der Waals surface area contributed by atoms with Crippen molar-refractivity contribution >= 4 is 11.8 Å². The van der Waals surface area contributed by atoms with Gasteiger partial charge in [0.25, 0.3) is 0 Å². The molecule has 0 saturated carbocycles. The SMILES string of the molecule is CCn1c(CN)nnc1SCCN(C)C. The summed E-state index contributed by atoms with van der Waals surface area (Å²) >= 11 is 1.73. The van der Waals surface area contributed by atoms with E-state index in [2.05, 4.69) is 40.7 Å². The maximum atomic E-state index is 5.58. The van der Waals surface area contributed by atoms with Crippen LogP contribution in [0.5, 0.6) is 0 Å². The summed E-state index contributed by atoms with van der Waals surface area (Å²) in [6, 6.07) is 0. The van der Waals surface area contributed by atoms with Gasteiger partial charge in [0.2, 0.25) is 0 Å². The molecule has 0 saturated heterocycles. The summed E-state index contributed by atoms with van der Waals surface area (Å²) in [6.45, 7) is 4.45. The zero-order valence-electron chi connectivity index (χ0n) is 9.60. The van der Waals surface area contributed by atoms with Crippen molar-refractivity contribution in [2.75, 3.05) is 26.4 Å². The molecule has 0 fully saturated rings. The van der Waals surface area contributed by atoms with Gasteiger partial charge in [0.15, 0.2) is 5.16 Å². The highest BCUT2D eigenvalue weighted by Gasteiger charge is 2.09. The molecule has 0 aromatic carbocycles. The van der Waals surface area contributed by atoms with Crippen LogP contribution >= 0.6 is 11.8 Å². The average Bonchev–Trinajstić information content (AvgIpc) is 2.59. The van der Waals surface area contributed by atoms with Crippen LogP contribution in [0.15, 0.2) is 5.16 Å². The van der Waals surface area contributed by atoms with Gasteiger partial charge in [-0.15, -0.1) is 10.2 Å². The molecule has 0 aliphatic carbocycles. The van der Waals surface area contributed by atoms with Crippen molar-refractivity contribution in [1.29, 1.82) is 0 Å². The molecule has 86 valence electrons. The first-order valence-electron chi connectivity index (χ1n) is 5.08. The molecule has 0 atom stereocenters. The largest absolute Gasteiger partial charge is 0.324 e. The molecule has 0 unspecified atom stereocenters. The summed E-state index contributed by atoms with van der Waals surface area (Å²) in [7, 11) is 4.13. The van der Waals surface area contributed by atoms with Gasteiger partial charge in [-0.2, -0.15) is 0 Å². The van der Waals surface area contributed by atoms with Gasteiger partial charge < -0.3 is 15.2 Å². The maximum Gasteiger partial charge on any atom is 0.191 e. The number of rotatable bonds is 6. The van der Waals surface area contributed by atoms with Crippen LogP contribution in [-0.2, 0) is 13.1 Å². The van der Waals surface area contributed by atoms with Crippen molar-refractivity contribution in [1.82, 2.24) is 19.7 Å².